The van der Waals surface area contributed by atoms with E-state index in [2.05, 4.69) is 20.9 Å². The molecule has 0 aliphatic heterocycles. The molecule has 16 heavy (non-hydrogen) atoms. The maximum atomic E-state index is 5.88. The molecule has 2 nitrogen and oxygen atoms in total. The summed E-state index contributed by atoms with van der Waals surface area (Å²) in [6.45, 7) is 0.455. The molecular weight excluding hydrogens is 289 g/mol. The van der Waals surface area contributed by atoms with Crippen molar-refractivity contribution in [3.8, 4) is 5.88 Å². The molecule has 0 radical (unpaired) electrons. The third-order valence-corrected chi connectivity index (χ3v) is 2.83. The van der Waals surface area contributed by atoms with Crippen LogP contribution in [0.25, 0.3) is 0 Å². The van der Waals surface area contributed by atoms with E-state index >= 15 is 0 Å². The maximum Gasteiger partial charge on any atom is 0.228 e. The van der Waals surface area contributed by atoms with E-state index in [0.717, 1.165) is 10.0 Å². The van der Waals surface area contributed by atoms with Crippen LogP contribution < -0.4 is 4.74 Å². The Morgan fingerprint density at radius 2 is 2.12 bits per heavy atom. The van der Waals surface area contributed by atoms with Crippen LogP contribution in [0.2, 0.25) is 5.02 Å². The fourth-order valence-corrected chi connectivity index (χ4v) is 1.84. The second-order valence-electron chi connectivity index (χ2n) is 3.21. The molecule has 0 aliphatic carbocycles. The van der Waals surface area contributed by atoms with Crippen molar-refractivity contribution in [2.45, 2.75) is 6.61 Å². The smallest absolute Gasteiger partial charge is 0.228 e. The van der Waals surface area contributed by atoms with Crippen LogP contribution in [-0.4, -0.2) is 4.98 Å². The van der Waals surface area contributed by atoms with Crippen molar-refractivity contribution >= 4 is 27.5 Å². The molecule has 0 fully saturated rings. The van der Waals surface area contributed by atoms with Gasteiger partial charge in [-0.2, -0.15) is 0 Å². The Labute approximate surface area is 107 Å². The lowest BCUT2D eigenvalue weighted by Crippen LogP contribution is -1.97. The molecule has 1 heterocycles. The minimum Gasteiger partial charge on any atom is -0.472 e. The third kappa shape index (κ3) is 2.97. The molecule has 0 spiro atoms. The fourth-order valence-electron chi connectivity index (χ4n) is 1.26. The standard InChI is InChI=1S/C12H9BrClNO/c13-11-5-2-6-15-12(11)16-8-9-3-1-4-10(14)7-9/h1-7H,8H2. The normalized spacial score (nSPS) is 10.1. The molecule has 1 aromatic carbocycles. The van der Waals surface area contributed by atoms with Gasteiger partial charge in [0.25, 0.3) is 0 Å². The van der Waals surface area contributed by atoms with Gasteiger partial charge in [-0.3, -0.25) is 0 Å². The zero-order valence-electron chi connectivity index (χ0n) is 8.36. The van der Waals surface area contributed by atoms with E-state index in [1.807, 2.05) is 36.4 Å². The summed E-state index contributed by atoms with van der Waals surface area (Å²) in [4.78, 5) is 4.11. The number of hydrogen-bond donors (Lipinski definition) is 0. The molecule has 0 atom stereocenters. The number of hydrogen-bond acceptors (Lipinski definition) is 2. The molecule has 82 valence electrons. The summed E-state index contributed by atoms with van der Waals surface area (Å²) in [6.07, 6.45) is 1.69. The molecule has 0 saturated carbocycles. The van der Waals surface area contributed by atoms with Crippen LogP contribution in [0.4, 0.5) is 0 Å². The van der Waals surface area contributed by atoms with Crippen molar-refractivity contribution in [3.63, 3.8) is 0 Å². The second kappa shape index (κ2) is 5.32. The van der Waals surface area contributed by atoms with Gasteiger partial charge in [0.15, 0.2) is 0 Å². The number of benzene rings is 1. The fraction of sp³-hybridized carbons (Fsp3) is 0.0833. The Hall–Kier alpha value is -1.06. The van der Waals surface area contributed by atoms with E-state index in [-0.39, 0.29) is 0 Å². The third-order valence-electron chi connectivity index (χ3n) is 1.99. The molecule has 2 rings (SSSR count). The molecule has 0 N–H and O–H groups in total. The van der Waals surface area contributed by atoms with Crippen LogP contribution in [-0.2, 0) is 6.61 Å². The first-order valence-corrected chi connectivity index (χ1v) is 5.90. The van der Waals surface area contributed by atoms with Crippen molar-refractivity contribution in [1.29, 1.82) is 0 Å². The Morgan fingerprint density at radius 1 is 1.25 bits per heavy atom. The van der Waals surface area contributed by atoms with E-state index < -0.39 is 0 Å². The average molecular weight is 299 g/mol. The minimum absolute atomic E-state index is 0.455. The maximum absolute atomic E-state index is 5.88. The van der Waals surface area contributed by atoms with E-state index in [9.17, 15) is 0 Å². The van der Waals surface area contributed by atoms with Crippen LogP contribution in [0.15, 0.2) is 47.1 Å². The topological polar surface area (TPSA) is 22.1 Å². The lowest BCUT2D eigenvalue weighted by Gasteiger charge is -2.06. The van der Waals surface area contributed by atoms with Gasteiger partial charge in [0, 0.05) is 11.2 Å². The Morgan fingerprint density at radius 3 is 2.88 bits per heavy atom. The van der Waals surface area contributed by atoms with Crippen molar-refractivity contribution in [3.05, 3.63) is 57.7 Å². The van der Waals surface area contributed by atoms with Gasteiger partial charge in [-0.1, -0.05) is 23.7 Å². The van der Waals surface area contributed by atoms with Gasteiger partial charge in [-0.05, 0) is 45.8 Å². The summed E-state index contributed by atoms with van der Waals surface area (Å²) in [6, 6.07) is 11.3. The highest BCUT2D eigenvalue weighted by molar-refractivity contribution is 9.10. The number of ether oxygens (including phenoxy) is 1. The van der Waals surface area contributed by atoms with Crippen LogP contribution in [0, 0.1) is 0 Å². The Kier molecular flexibility index (Phi) is 3.80. The lowest BCUT2D eigenvalue weighted by molar-refractivity contribution is 0.292. The van der Waals surface area contributed by atoms with E-state index in [1.54, 1.807) is 6.20 Å². The van der Waals surface area contributed by atoms with Crippen LogP contribution in [0.5, 0.6) is 5.88 Å². The molecule has 0 bridgehead atoms. The first-order chi connectivity index (χ1) is 7.75. The minimum atomic E-state index is 0.455. The molecule has 0 aliphatic rings. The lowest BCUT2D eigenvalue weighted by atomic mass is 10.2. The predicted molar refractivity (Wildman–Crippen MR) is 67.7 cm³/mol. The highest BCUT2D eigenvalue weighted by Gasteiger charge is 2.01. The Bertz CT molecular complexity index is 490. The number of pyridine rings is 1. The van der Waals surface area contributed by atoms with Gasteiger partial charge < -0.3 is 4.74 Å². The largest absolute Gasteiger partial charge is 0.472 e. The van der Waals surface area contributed by atoms with Crippen molar-refractivity contribution in [2.75, 3.05) is 0 Å². The summed E-state index contributed by atoms with van der Waals surface area (Å²) in [7, 11) is 0. The highest BCUT2D eigenvalue weighted by atomic mass is 79.9. The first-order valence-electron chi connectivity index (χ1n) is 4.73. The second-order valence-corrected chi connectivity index (χ2v) is 4.50. The highest BCUT2D eigenvalue weighted by Crippen LogP contribution is 2.22. The zero-order chi connectivity index (χ0) is 11.4. The first kappa shape index (κ1) is 11.4. The molecule has 0 saturated heterocycles. The molecular formula is C12H9BrClNO. The molecule has 2 aromatic rings. The number of halogens is 2. The summed E-state index contributed by atoms with van der Waals surface area (Å²) < 4.78 is 6.41. The summed E-state index contributed by atoms with van der Waals surface area (Å²) in [5.41, 5.74) is 1.02. The predicted octanol–water partition coefficient (Wildman–Crippen LogP) is 4.08. The van der Waals surface area contributed by atoms with Crippen molar-refractivity contribution in [2.24, 2.45) is 0 Å². The van der Waals surface area contributed by atoms with E-state index in [0.29, 0.717) is 17.5 Å². The van der Waals surface area contributed by atoms with Gasteiger partial charge in [0.2, 0.25) is 5.88 Å². The number of nitrogens with zero attached hydrogens (tertiary/aromatic N) is 1. The van der Waals surface area contributed by atoms with Gasteiger partial charge >= 0.3 is 0 Å². The van der Waals surface area contributed by atoms with Crippen molar-refractivity contribution in [1.82, 2.24) is 4.98 Å². The summed E-state index contributed by atoms with van der Waals surface area (Å²) >= 11 is 9.25. The molecule has 1 aromatic heterocycles. The molecule has 4 heteroatoms. The zero-order valence-corrected chi connectivity index (χ0v) is 10.7. The quantitative estimate of drug-likeness (QED) is 0.852. The van der Waals surface area contributed by atoms with E-state index in [4.69, 9.17) is 16.3 Å². The molecule has 0 unspecified atom stereocenters. The van der Waals surface area contributed by atoms with E-state index in [1.165, 1.54) is 0 Å². The number of aromatic nitrogens is 1. The van der Waals surface area contributed by atoms with Crippen LogP contribution in [0.1, 0.15) is 5.56 Å². The summed E-state index contributed by atoms with van der Waals surface area (Å²) in [5.74, 6) is 0.586. The van der Waals surface area contributed by atoms with Gasteiger partial charge in [-0.15, -0.1) is 0 Å². The number of rotatable bonds is 3. The van der Waals surface area contributed by atoms with Gasteiger partial charge in [0.05, 0.1) is 4.47 Å². The van der Waals surface area contributed by atoms with Crippen LogP contribution in [0.3, 0.4) is 0 Å². The Balaban J connectivity index is 2.05. The average Bonchev–Trinajstić information content (AvgIpc) is 2.28. The SMILES string of the molecule is Clc1cccc(COc2ncccc2Br)c1. The van der Waals surface area contributed by atoms with Gasteiger partial charge in [-0.25, -0.2) is 4.98 Å². The summed E-state index contributed by atoms with van der Waals surface area (Å²) in [5, 5.41) is 0.709. The molecule has 0 amide bonds. The van der Waals surface area contributed by atoms with Gasteiger partial charge in [0.1, 0.15) is 6.61 Å². The van der Waals surface area contributed by atoms with Crippen molar-refractivity contribution < 1.29 is 4.74 Å². The van der Waals surface area contributed by atoms with Crippen LogP contribution >= 0.6 is 27.5 Å². The monoisotopic (exact) mass is 297 g/mol.